The molecule has 1 aliphatic carbocycles. The summed E-state index contributed by atoms with van der Waals surface area (Å²) in [5.41, 5.74) is 0. The predicted octanol–water partition coefficient (Wildman–Crippen LogP) is 0.711. The number of hydrogen-bond donors (Lipinski definition) is 3. The molecule has 0 heterocycles. The van der Waals surface area contributed by atoms with Gasteiger partial charge in [0.2, 0.25) is 11.8 Å². The van der Waals surface area contributed by atoms with Gasteiger partial charge in [-0.3, -0.25) is 9.59 Å². The molecule has 3 N–H and O–H groups in total. The van der Waals surface area contributed by atoms with E-state index in [1.807, 2.05) is 6.07 Å². The Labute approximate surface area is 125 Å². The fourth-order valence-corrected chi connectivity index (χ4v) is 2.87. The minimum atomic E-state index is -0.389. The van der Waals surface area contributed by atoms with Gasteiger partial charge in [0, 0.05) is 18.9 Å². The molecular weight excluding hydrogens is 270 g/mol. The van der Waals surface area contributed by atoms with Gasteiger partial charge in [-0.15, -0.1) is 0 Å². The SMILES string of the molecule is N#CCNC(=O)C(CC(=O)NCCO)CC1CCCCC1. The fourth-order valence-electron chi connectivity index (χ4n) is 2.87. The van der Waals surface area contributed by atoms with Crippen molar-refractivity contribution in [3.8, 4) is 6.07 Å². The van der Waals surface area contributed by atoms with Gasteiger partial charge in [-0.2, -0.15) is 5.26 Å². The highest BCUT2D eigenvalue weighted by Crippen LogP contribution is 2.30. The molecule has 1 rings (SSSR count). The lowest BCUT2D eigenvalue weighted by atomic mass is 9.81. The maximum absolute atomic E-state index is 12.1. The highest BCUT2D eigenvalue weighted by atomic mass is 16.3. The van der Waals surface area contributed by atoms with Crippen molar-refractivity contribution >= 4 is 11.8 Å². The average molecular weight is 295 g/mol. The van der Waals surface area contributed by atoms with E-state index in [0.29, 0.717) is 12.3 Å². The van der Waals surface area contributed by atoms with Gasteiger partial charge < -0.3 is 15.7 Å². The van der Waals surface area contributed by atoms with Crippen molar-refractivity contribution in [1.82, 2.24) is 10.6 Å². The Hall–Kier alpha value is -1.61. The molecule has 0 bridgehead atoms. The van der Waals surface area contributed by atoms with Crippen LogP contribution in [-0.2, 0) is 9.59 Å². The van der Waals surface area contributed by atoms with Crippen molar-refractivity contribution < 1.29 is 14.7 Å². The molecule has 118 valence electrons. The van der Waals surface area contributed by atoms with Crippen molar-refractivity contribution in [2.24, 2.45) is 11.8 Å². The molecule has 0 spiro atoms. The molecule has 1 unspecified atom stereocenters. The molecule has 1 aliphatic rings. The zero-order chi connectivity index (χ0) is 15.5. The highest BCUT2D eigenvalue weighted by molar-refractivity contribution is 5.85. The number of nitrogens with one attached hydrogen (secondary N) is 2. The van der Waals surface area contributed by atoms with Crippen molar-refractivity contribution in [3.63, 3.8) is 0 Å². The lowest BCUT2D eigenvalue weighted by Crippen LogP contribution is -2.37. The molecule has 1 saturated carbocycles. The van der Waals surface area contributed by atoms with Crippen LogP contribution in [-0.4, -0.2) is 36.6 Å². The van der Waals surface area contributed by atoms with Crippen LogP contribution in [0.1, 0.15) is 44.9 Å². The summed E-state index contributed by atoms with van der Waals surface area (Å²) < 4.78 is 0. The van der Waals surface area contributed by atoms with E-state index in [1.165, 1.54) is 19.3 Å². The monoisotopic (exact) mass is 295 g/mol. The van der Waals surface area contributed by atoms with Crippen molar-refractivity contribution in [2.75, 3.05) is 19.7 Å². The van der Waals surface area contributed by atoms with E-state index < -0.39 is 0 Å². The number of aliphatic hydroxyl groups is 1. The molecule has 0 radical (unpaired) electrons. The van der Waals surface area contributed by atoms with Crippen LogP contribution in [0.15, 0.2) is 0 Å². The standard InChI is InChI=1S/C15H25N3O3/c16-6-7-18-15(21)13(11-14(20)17-8-9-19)10-12-4-2-1-3-5-12/h12-13,19H,1-5,7-11H2,(H,17,20)(H,18,21). The zero-order valence-corrected chi connectivity index (χ0v) is 12.4. The van der Waals surface area contributed by atoms with Crippen LogP contribution >= 0.6 is 0 Å². The molecule has 6 heteroatoms. The number of carbonyl (C=O) groups is 2. The third-order valence-electron chi connectivity index (χ3n) is 3.92. The van der Waals surface area contributed by atoms with Gasteiger partial charge in [-0.25, -0.2) is 0 Å². The molecule has 0 aromatic rings. The third-order valence-corrected chi connectivity index (χ3v) is 3.92. The quantitative estimate of drug-likeness (QED) is 0.574. The van der Waals surface area contributed by atoms with Crippen LogP contribution < -0.4 is 10.6 Å². The molecule has 21 heavy (non-hydrogen) atoms. The Balaban J connectivity index is 2.53. The minimum absolute atomic E-state index is 0.0295. The first-order chi connectivity index (χ1) is 10.2. The van der Waals surface area contributed by atoms with Gasteiger partial charge in [0.15, 0.2) is 0 Å². The van der Waals surface area contributed by atoms with Crippen LogP contribution in [0, 0.1) is 23.2 Å². The molecular formula is C15H25N3O3. The third kappa shape index (κ3) is 7.09. The lowest BCUT2D eigenvalue weighted by Gasteiger charge is -2.25. The molecule has 0 aliphatic heterocycles. The fraction of sp³-hybridized carbons (Fsp3) is 0.800. The number of carbonyl (C=O) groups excluding carboxylic acids is 2. The van der Waals surface area contributed by atoms with Crippen LogP contribution in [0.5, 0.6) is 0 Å². The van der Waals surface area contributed by atoms with E-state index in [0.717, 1.165) is 12.8 Å². The second-order valence-corrected chi connectivity index (χ2v) is 5.59. The summed E-state index contributed by atoms with van der Waals surface area (Å²) in [6.07, 6.45) is 6.67. The molecule has 1 atom stereocenters. The number of rotatable bonds is 8. The topological polar surface area (TPSA) is 102 Å². The number of nitriles is 1. The first kappa shape index (κ1) is 17.4. The van der Waals surface area contributed by atoms with E-state index in [2.05, 4.69) is 10.6 Å². The average Bonchev–Trinajstić information content (AvgIpc) is 2.51. The van der Waals surface area contributed by atoms with Gasteiger partial charge >= 0.3 is 0 Å². The summed E-state index contributed by atoms with van der Waals surface area (Å²) in [6.45, 7) is 0.0622. The number of hydrogen-bond acceptors (Lipinski definition) is 4. The normalized spacial score (nSPS) is 16.8. The summed E-state index contributed by atoms with van der Waals surface area (Å²) >= 11 is 0. The van der Waals surface area contributed by atoms with Crippen LogP contribution in [0.25, 0.3) is 0 Å². The lowest BCUT2D eigenvalue weighted by molar-refractivity contribution is -0.130. The zero-order valence-electron chi connectivity index (χ0n) is 12.4. The summed E-state index contributed by atoms with van der Waals surface area (Å²) in [5.74, 6) is -0.347. The molecule has 0 aromatic heterocycles. The first-order valence-corrected chi connectivity index (χ1v) is 7.69. The van der Waals surface area contributed by atoms with Crippen LogP contribution in [0.3, 0.4) is 0 Å². The molecule has 2 amide bonds. The summed E-state index contributed by atoms with van der Waals surface area (Å²) in [7, 11) is 0. The van der Waals surface area contributed by atoms with Crippen molar-refractivity contribution in [3.05, 3.63) is 0 Å². The van der Waals surface area contributed by atoms with E-state index in [4.69, 9.17) is 10.4 Å². The summed E-state index contributed by atoms with van der Waals surface area (Å²) in [5, 5.41) is 22.4. The number of nitrogens with zero attached hydrogens (tertiary/aromatic N) is 1. The predicted molar refractivity (Wildman–Crippen MR) is 78.0 cm³/mol. The van der Waals surface area contributed by atoms with Gasteiger partial charge in [0.05, 0.1) is 12.7 Å². The Kier molecular flexibility index (Phi) is 8.44. The largest absolute Gasteiger partial charge is 0.395 e. The van der Waals surface area contributed by atoms with Crippen molar-refractivity contribution in [2.45, 2.75) is 44.9 Å². The Morgan fingerprint density at radius 1 is 1.24 bits per heavy atom. The number of aliphatic hydroxyl groups excluding tert-OH is 1. The smallest absolute Gasteiger partial charge is 0.224 e. The van der Waals surface area contributed by atoms with Crippen molar-refractivity contribution in [1.29, 1.82) is 5.26 Å². The maximum atomic E-state index is 12.1. The maximum Gasteiger partial charge on any atom is 0.224 e. The van der Waals surface area contributed by atoms with Gasteiger partial charge in [0.1, 0.15) is 6.54 Å². The van der Waals surface area contributed by atoms with Gasteiger partial charge in [-0.05, 0) is 12.3 Å². The Morgan fingerprint density at radius 3 is 2.57 bits per heavy atom. The van der Waals surface area contributed by atoms with E-state index in [9.17, 15) is 9.59 Å². The summed E-state index contributed by atoms with van der Waals surface area (Å²) in [6, 6.07) is 1.88. The molecule has 0 aromatic carbocycles. The van der Waals surface area contributed by atoms with Crippen LogP contribution in [0.2, 0.25) is 0 Å². The minimum Gasteiger partial charge on any atom is -0.395 e. The summed E-state index contributed by atoms with van der Waals surface area (Å²) in [4.78, 5) is 23.9. The highest BCUT2D eigenvalue weighted by Gasteiger charge is 2.26. The number of amides is 2. The molecule has 0 saturated heterocycles. The van der Waals surface area contributed by atoms with E-state index in [-0.39, 0.29) is 43.8 Å². The second kappa shape index (κ2) is 10.2. The Bertz CT molecular complexity index is 373. The van der Waals surface area contributed by atoms with E-state index in [1.54, 1.807) is 0 Å². The first-order valence-electron chi connectivity index (χ1n) is 7.69. The van der Waals surface area contributed by atoms with Gasteiger partial charge in [0.25, 0.3) is 0 Å². The molecule has 6 nitrogen and oxygen atoms in total. The molecule has 1 fully saturated rings. The van der Waals surface area contributed by atoms with Gasteiger partial charge in [-0.1, -0.05) is 32.1 Å². The van der Waals surface area contributed by atoms with Crippen LogP contribution in [0.4, 0.5) is 0 Å². The Morgan fingerprint density at radius 2 is 1.95 bits per heavy atom. The second-order valence-electron chi connectivity index (χ2n) is 5.59. The van der Waals surface area contributed by atoms with E-state index >= 15 is 0 Å².